The van der Waals surface area contributed by atoms with Crippen molar-refractivity contribution in [3.8, 4) is 0 Å². The van der Waals surface area contributed by atoms with Crippen molar-refractivity contribution >= 4 is 13.5 Å². The average molecular weight is 205 g/mol. The average Bonchev–Trinajstić information content (AvgIpc) is 2.03. The summed E-state index contributed by atoms with van der Waals surface area (Å²) in [5.41, 5.74) is 0. The van der Waals surface area contributed by atoms with Crippen molar-refractivity contribution in [2.45, 2.75) is 19.3 Å². The number of carbonyl (C=O) groups excluding carboxylic acids is 1. The van der Waals surface area contributed by atoms with E-state index in [4.69, 9.17) is 4.52 Å². The summed E-state index contributed by atoms with van der Waals surface area (Å²) in [5, 5.41) is 0. The van der Waals surface area contributed by atoms with E-state index in [1.807, 2.05) is 0 Å². The highest BCUT2D eigenvalue weighted by Crippen LogP contribution is 2.38. The Kier molecular flexibility index (Phi) is 3.37. The Morgan fingerprint density at radius 2 is 1.77 bits per heavy atom. The third kappa shape index (κ3) is 3.81. The smallest absolute Gasteiger partial charge is 0.396 e. The first kappa shape index (κ1) is 10.6. The van der Waals surface area contributed by atoms with Crippen molar-refractivity contribution < 1.29 is 13.9 Å². The van der Waals surface area contributed by atoms with Gasteiger partial charge in [0.15, 0.2) is 0 Å². The fraction of sp³-hybridized carbons (Fsp3) is 0.875. The Bertz CT molecular complexity index is 230. The first-order chi connectivity index (χ1) is 5.99. The molecule has 13 heavy (non-hydrogen) atoms. The number of hydrogen-bond acceptors (Lipinski definition) is 3. The normalized spacial score (nSPS) is 18.5. The molecule has 0 unspecified atom stereocenters. The van der Waals surface area contributed by atoms with Crippen LogP contribution in [-0.4, -0.2) is 37.4 Å². The lowest BCUT2D eigenvalue weighted by molar-refractivity contribution is 0.144. The molecule has 1 heterocycles. The molecule has 0 saturated carbocycles. The van der Waals surface area contributed by atoms with Crippen molar-refractivity contribution in [2.24, 2.45) is 0 Å². The second-order valence-electron chi connectivity index (χ2n) is 3.66. The minimum Gasteiger partial charge on any atom is -0.396 e. The third-order valence-electron chi connectivity index (χ3n) is 1.91. The van der Waals surface area contributed by atoms with Gasteiger partial charge in [-0.3, -0.25) is 4.57 Å². The van der Waals surface area contributed by atoms with Gasteiger partial charge in [-0.15, -0.1) is 0 Å². The molecule has 76 valence electrons. The van der Waals surface area contributed by atoms with Crippen LogP contribution < -0.4 is 0 Å². The zero-order chi connectivity index (χ0) is 9.90. The molecule has 0 aromatic heterocycles. The van der Waals surface area contributed by atoms with Crippen molar-refractivity contribution in [1.29, 1.82) is 0 Å². The van der Waals surface area contributed by atoms with Crippen LogP contribution >= 0.6 is 7.37 Å². The SMILES string of the molecule is CP(C)(=O)OC(=O)N1CCCCC1. The minimum atomic E-state index is -2.68. The van der Waals surface area contributed by atoms with E-state index in [9.17, 15) is 9.36 Å². The number of nitrogens with zero attached hydrogens (tertiary/aromatic N) is 1. The van der Waals surface area contributed by atoms with Gasteiger partial charge in [0.25, 0.3) is 0 Å². The molecule has 1 rings (SSSR count). The van der Waals surface area contributed by atoms with Crippen molar-refractivity contribution in [3.05, 3.63) is 0 Å². The molecule has 1 amide bonds. The highest BCUT2D eigenvalue weighted by atomic mass is 31.2. The molecule has 0 aromatic carbocycles. The van der Waals surface area contributed by atoms with E-state index >= 15 is 0 Å². The third-order valence-corrected chi connectivity index (χ3v) is 2.51. The van der Waals surface area contributed by atoms with Gasteiger partial charge in [0.2, 0.25) is 7.37 Å². The zero-order valence-corrected chi connectivity index (χ0v) is 9.05. The van der Waals surface area contributed by atoms with Gasteiger partial charge >= 0.3 is 6.09 Å². The largest absolute Gasteiger partial charge is 0.414 e. The molecule has 0 aliphatic carbocycles. The molecular formula is C8H16NO3P. The van der Waals surface area contributed by atoms with Crippen molar-refractivity contribution in [3.63, 3.8) is 0 Å². The summed E-state index contributed by atoms with van der Waals surface area (Å²) in [7, 11) is -2.68. The summed E-state index contributed by atoms with van der Waals surface area (Å²) in [4.78, 5) is 13.0. The Hall–Kier alpha value is -0.500. The summed E-state index contributed by atoms with van der Waals surface area (Å²) < 4.78 is 16.0. The molecular weight excluding hydrogens is 189 g/mol. The van der Waals surface area contributed by atoms with Crippen molar-refractivity contribution in [1.82, 2.24) is 4.90 Å². The van der Waals surface area contributed by atoms with Gasteiger partial charge in [-0.25, -0.2) is 4.79 Å². The molecule has 0 radical (unpaired) electrons. The van der Waals surface area contributed by atoms with E-state index in [1.165, 1.54) is 19.8 Å². The molecule has 0 N–H and O–H groups in total. The maximum Gasteiger partial charge on any atom is 0.414 e. The van der Waals surface area contributed by atoms with Crippen LogP contribution in [0.1, 0.15) is 19.3 Å². The molecule has 1 aliphatic heterocycles. The summed E-state index contributed by atoms with van der Waals surface area (Å²) in [6.07, 6.45) is 2.78. The fourth-order valence-electron chi connectivity index (χ4n) is 1.32. The van der Waals surface area contributed by atoms with E-state index in [1.54, 1.807) is 4.90 Å². The van der Waals surface area contributed by atoms with Gasteiger partial charge in [0, 0.05) is 26.4 Å². The quantitative estimate of drug-likeness (QED) is 0.616. The highest BCUT2D eigenvalue weighted by Gasteiger charge is 2.22. The second-order valence-corrected chi connectivity index (χ2v) is 6.34. The molecule has 1 fully saturated rings. The molecule has 0 aromatic rings. The molecule has 0 spiro atoms. The molecule has 1 saturated heterocycles. The summed E-state index contributed by atoms with van der Waals surface area (Å²) in [6, 6.07) is 0. The maximum atomic E-state index is 11.3. The van der Waals surface area contributed by atoms with Crippen LogP contribution in [0, 0.1) is 0 Å². The number of hydrogen-bond donors (Lipinski definition) is 0. The van der Waals surface area contributed by atoms with Gasteiger partial charge in [0.05, 0.1) is 0 Å². The van der Waals surface area contributed by atoms with Gasteiger partial charge in [0.1, 0.15) is 0 Å². The molecule has 0 atom stereocenters. The van der Waals surface area contributed by atoms with Gasteiger partial charge in [-0.1, -0.05) is 0 Å². The van der Waals surface area contributed by atoms with Crippen molar-refractivity contribution in [2.75, 3.05) is 26.4 Å². The van der Waals surface area contributed by atoms with Gasteiger partial charge in [-0.2, -0.15) is 0 Å². The zero-order valence-electron chi connectivity index (χ0n) is 8.15. The van der Waals surface area contributed by atoms with Crippen LogP contribution in [0.4, 0.5) is 4.79 Å². The lowest BCUT2D eigenvalue weighted by Crippen LogP contribution is -2.35. The van der Waals surface area contributed by atoms with Crippen LogP contribution in [-0.2, 0) is 9.09 Å². The standard InChI is InChI=1S/C8H16NO3P/c1-13(2,11)12-8(10)9-6-4-3-5-7-9/h3-7H2,1-2H3. The molecule has 5 heteroatoms. The predicted octanol–water partition coefficient (Wildman–Crippen LogP) is 2.15. The van der Waals surface area contributed by atoms with Crippen LogP contribution in [0.5, 0.6) is 0 Å². The molecule has 0 bridgehead atoms. The van der Waals surface area contributed by atoms with Crippen LogP contribution in [0.15, 0.2) is 0 Å². The predicted molar refractivity (Wildman–Crippen MR) is 51.4 cm³/mol. The first-order valence-electron chi connectivity index (χ1n) is 4.52. The summed E-state index contributed by atoms with van der Waals surface area (Å²) in [6.45, 7) is 4.38. The summed E-state index contributed by atoms with van der Waals surface area (Å²) in [5.74, 6) is 0. The Morgan fingerprint density at radius 3 is 2.23 bits per heavy atom. The van der Waals surface area contributed by atoms with E-state index in [-0.39, 0.29) is 0 Å². The highest BCUT2D eigenvalue weighted by molar-refractivity contribution is 7.57. The van der Waals surface area contributed by atoms with Crippen LogP contribution in [0.25, 0.3) is 0 Å². The first-order valence-corrected chi connectivity index (χ1v) is 7.04. The number of piperidine rings is 1. The Labute approximate surface area is 78.7 Å². The van der Waals surface area contributed by atoms with Gasteiger partial charge < -0.3 is 9.42 Å². The minimum absolute atomic E-state index is 0.423. The lowest BCUT2D eigenvalue weighted by Gasteiger charge is -2.26. The number of rotatable bonds is 1. The van der Waals surface area contributed by atoms with Crippen LogP contribution in [0.3, 0.4) is 0 Å². The monoisotopic (exact) mass is 205 g/mol. The molecule has 4 nitrogen and oxygen atoms in total. The number of amides is 1. The Balaban J connectivity index is 2.42. The second kappa shape index (κ2) is 4.14. The van der Waals surface area contributed by atoms with E-state index < -0.39 is 13.5 Å². The van der Waals surface area contributed by atoms with Gasteiger partial charge in [-0.05, 0) is 19.3 Å². The maximum absolute atomic E-state index is 11.3. The fourth-order valence-corrected chi connectivity index (χ4v) is 1.81. The topological polar surface area (TPSA) is 46.6 Å². The number of carbonyl (C=O) groups is 1. The Morgan fingerprint density at radius 1 is 1.23 bits per heavy atom. The van der Waals surface area contributed by atoms with E-state index in [0.29, 0.717) is 0 Å². The molecule has 1 aliphatic rings. The lowest BCUT2D eigenvalue weighted by atomic mass is 10.1. The van der Waals surface area contributed by atoms with E-state index in [0.717, 1.165) is 25.9 Å². The number of likely N-dealkylation sites (tertiary alicyclic amines) is 1. The summed E-state index contributed by atoms with van der Waals surface area (Å²) >= 11 is 0. The van der Waals surface area contributed by atoms with Crippen LogP contribution in [0.2, 0.25) is 0 Å². The van der Waals surface area contributed by atoms with E-state index in [2.05, 4.69) is 0 Å².